The molecule has 2 rings (SSSR count). The number of aliphatic hydroxyl groups is 1. The minimum absolute atomic E-state index is 0.0149. The molecule has 0 aromatic heterocycles. The van der Waals surface area contributed by atoms with E-state index in [0.29, 0.717) is 0 Å². The van der Waals surface area contributed by atoms with Crippen molar-refractivity contribution in [3.05, 3.63) is 0 Å². The molecule has 10 heavy (non-hydrogen) atoms. The summed E-state index contributed by atoms with van der Waals surface area (Å²) in [5.41, 5.74) is 0. The quantitative estimate of drug-likeness (QED) is 0.514. The van der Waals surface area contributed by atoms with Crippen LogP contribution >= 0.6 is 0 Å². The molecule has 4 atom stereocenters. The summed E-state index contributed by atoms with van der Waals surface area (Å²) in [4.78, 5) is 0. The molecule has 58 valence electrons. The van der Waals surface area contributed by atoms with Crippen molar-refractivity contribution < 1.29 is 19.3 Å². The van der Waals surface area contributed by atoms with Crippen LogP contribution in [0.3, 0.4) is 0 Å². The summed E-state index contributed by atoms with van der Waals surface area (Å²) < 4.78 is 15.3. The number of methoxy groups -OCH3 is 1. The molecule has 2 fully saturated rings. The monoisotopic (exact) mass is 146 g/mol. The fourth-order valence-corrected chi connectivity index (χ4v) is 1.32. The summed E-state index contributed by atoms with van der Waals surface area (Å²) in [6.45, 7) is 0.0149. The number of epoxide rings is 1. The van der Waals surface area contributed by atoms with Crippen molar-refractivity contribution >= 4 is 0 Å². The van der Waals surface area contributed by atoms with E-state index in [1.165, 1.54) is 0 Å². The van der Waals surface area contributed by atoms with E-state index in [9.17, 15) is 0 Å². The number of rotatable bonds is 2. The van der Waals surface area contributed by atoms with Crippen molar-refractivity contribution in [2.75, 3.05) is 13.7 Å². The second kappa shape index (κ2) is 2.17. The van der Waals surface area contributed by atoms with Gasteiger partial charge >= 0.3 is 0 Å². The first-order chi connectivity index (χ1) is 4.86. The zero-order valence-electron chi connectivity index (χ0n) is 5.69. The molecule has 2 aliphatic rings. The van der Waals surface area contributed by atoms with Crippen LogP contribution in [0.1, 0.15) is 0 Å². The lowest BCUT2D eigenvalue weighted by Crippen LogP contribution is -2.23. The van der Waals surface area contributed by atoms with Crippen molar-refractivity contribution in [2.45, 2.75) is 24.6 Å². The molecule has 0 aliphatic carbocycles. The van der Waals surface area contributed by atoms with E-state index in [2.05, 4.69) is 0 Å². The topological polar surface area (TPSA) is 51.2 Å². The van der Waals surface area contributed by atoms with Gasteiger partial charge in [0.25, 0.3) is 0 Å². The zero-order valence-corrected chi connectivity index (χ0v) is 5.69. The molecule has 0 amide bonds. The lowest BCUT2D eigenvalue weighted by molar-refractivity contribution is -0.166. The van der Waals surface area contributed by atoms with Gasteiger partial charge < -0.3 is 19.3 Å². The Morgan fingerprint density at radius 2 is 2.20 bits per heavy atom. The fraction of sp³-hybridized carbons (Fsp3) is 1.00. The minimum Gasteiger partial charge on any atom is -0.394 e. The molecule has 0 bridgehead atoms. The van der Waals surface area contributed by atoms with Gasteiger partial charge in [0.05, 0.1) is 6.61 Å². The maximum Gasteiger partial charge on any atom is 0.186 e. The summed E-state index contributed by atoms with van der Waals surface area (Å²) in [7, 11) is 1.57. The van der Waals surface area contributed by atoms with E-state index in [-0.39, 0.29) is 31.2 Å². The molecule has 1 N–H and O–H groups in total. The molecular formula is C6H10O4. The fourth-order valence-electron chi connectivity index (χ4n) is 1.32. The first-order valence-corrected chi connectivity index (χ1v) is 3.31. The van der Waals surface area contributed by atoms with Gasteiger partial charge in [-0.05, 0) is 0 Å². The summed E-state index contributed by atoms with van der Waals surface area (Å²) in [6, 6.07) is 0. The molecule has 0 radical (unpaired) electrons. The number of ether oxygens (including phenoxy) is 3. The highest BCUT2D eigenvalue weighted by molar-refractivity contribution is 4.99. The second-order valence-corrected chi connectivity index (χ2v) is 2.53. The molecule has 0 saturated carbocycles. The van der Waals surface area contributed by atoms with Gasteiger partial charge in [0, 0.05) is 7.11 Å². The van der Waals surface area contributed by atoms with Crippen molar-refractivity contribution in [1.82, 2.24) is 0 Å². The number of fused-ring (bicyclic) bond motifs is 1. The van der Waals surface area contributed by atoms with Crippen molar-refractivity contribution in [2.24, 2.45) is 0 Å². The largest absolute Gasteiger partial charge is 0.394 e. The third kappa shape index (κ3) is 0.769. The summed E-state index contributed by atoms with van der Waals surface area (Å²) in [5, 5.41) is 8.72. The third-order valence-electron chi connectivity index (χ3n) is 1.92. The predicted molar refractivity (Wildman–Crippen MR) is 31.4 cm³/mol. The van der Waals surface area contributed by atoms with Crippen molar-refractivity contribution in [3.63, 3.8) is 0 Å². The number of aliphatic hydroxyl groups excluding tert-OH is 1. The lowest BCUT2D eigenvalue weighted by atomic mass is 10.2. The van der Waals surface area contributed by atoms with Crippen LogP contribution in [0.25, 0.3) is 0 Å². The van der Waals surface area contributed by atoms with Gasteiger partial charge in [-0.2, -0.15) is 0 Å². The highest BCUT2D eigenvalue weighted by Crippen LogP contribution is 2.38. The summed E-state index contributed by atoms with van der Waals surface area (Å²) in [6.07, 6.45) is -0.283. The first kappa shape index (κ1) is 6.54. The molecule has 2 aliphatic heterocycles. The molecule has 2 saturated heterocycles. The average molecular weight is 146 g/mol. The molecular weight excluding hydrogens is 136 g/mol. The van der Waals surface area contributed by atoms with Crippen LogP contribution in [-0.4, -0.2) is 43.4 Å². The Hall–Kier alpha value is -0.160. The Morgan fingerprint density at radius 3 is 2.60 bits per heavy atom. The maximum absolute atomic E-state index is 8.72. The highest BCUT2D eigenvalue weighted by atomic mass is 16.8. The van der Waals surface area contributed by atoms with E-state index in [4.69, 9.17) is 19.3 Å². The standard InChI is InChI=1S/C6H10O4/c1-8-6-5-4(10-5)3(2-7)9-6/h3-7H,2H2,1H3/t3-,4-,5-,6-/m1/s1. The van der Waals surface area contributed by atoms with Crippen molar-refractivity contribution in [1.29, 1.82) is 0 Å². The van der Waals surface area contributed by atoms with Crippen molar-refractivity contribution in [3.8, 4) is 0 Å². The van der Waals surface area contributed by atoms with Gasteiger partial charge in [0.15, 0.2) is 6.29 Å². The van der Waals surface area contributed by atoms with Crippen LogP contribution in [-0.2, 0) is 14.2 Å². The summed E-state index contributed by atoms with van der Waals surface area (Å²) in [5.74, 6) is 0. The number of hydrogen-bond donors (Lipinski definition) is 1. The Morgan fingerprint density at radius 1 is 1.40 bits per heavy atom. The van der Waals surface area contributed by atoms with Crippen LogP contribution in [0.4, 0.5) is 0 Å². The molecule has 0 aromatic rings. The van der Waals surface area contributed by atoms with E-state index in [1.54, 1.807) is 7.11 Å². The van der Waals surface area contributed by atoms with Crippen LogP contribution in [0, 0.1) is 0 Å². The number of hydrogen-bond acceptors (Lipinski definition) is 4. The Balaban J connectivity index is 1.95. The van der Waals surface area contributed by atoms with Crippen LogP contribution in [0.2, 0.25) is 0 Å². The van der Waals surface area contributed by atoms with Crippen LogP contribution in [0.5, 0.6) is 0 Å². The van der Waals surface area contributed by atoms with E-state index < -0.39 is 0 Å². The second-order valence-electron chi connectivity index (χ2n) is 2.53. The molecule has 2 heterocycles. The van der Waals surface area contributed by atoms with Gasteiger partial charge in [0.2, 0.25) is 0 Å². The van der Waals surface area contributed by atoms with Gasteiger partial charge in [-0.1, -0.05) is 0 Å². The minimum atomic E-state index is -0.262. The Labute approximate surface area is 58.7 Å². The first-order valence-electron chi connectivity index (χ1n) is 3.31. The van der Waals surface area contributed by atoms with Gasteiger partial charge in [-0.25, -0.2) is 0 Å². The van der Waals surface area contributed by atoms with Gasteiger partial charge in [-0.15, -0.1) is 0 Å². The molecule has 0 aromatic carbocycles. The van der Waals surface area contributed by atoms with E-state index in [1.807, 2.05) is 0 Å². The maximum atomic E-state index is 8.72. The Bertz CT molecular complexity index is 124. The third-order valence-corrected chi connectivity index (χ3v) is 1.92. The molecule has 0 unspecified atom stereocenters. The zero-order chi connectivity index (χ0) is 7.14. The normalized spacial score (nSPS) is 51.0. The summed E-state index contributed by atoms with van der Waals surface area (Å²) >= 11 is 0. The van der Waals surface area contributed by atoms with Crippen LogP contribution in [0.15, 0.2) is 0 Å². The van der Waals surface area contributed by atoms with Gasteiger partial charge in [0.1, 0.15) is 18.3 Å². The Kier molecular flexibility index (Phi) is 1.42. The SMILES string of the molecule is CO[C@@H]1O[C@H](CO)[C@H]2O[C@@H]12. The van der Waals surface area contributed by atoms with E-state index in [0.717, 1.165) is 0 Å². The van der Waals surface area contributed by atoms with Crippen LogP contribution < -0.4 is 0 Å². The predicted octanol–water partition coefficient (Wildman–Crippen LogP) is -0.883. The highest BCUT2D eigenvalue weighted by Gasteiger charge is 2.58. The molecule has 4 heteroatoms. The molecule has 4 nitrogen and oxygen atoms in total. The average Bonchev–Trinajstić information content (AvgIpc) is 2.67. The molecule has 0 spiro atoms. The smallest absolute Gasteiger partial charge is 0.186 e. The van der Waals surface area contributed by atoms with Gasteiger partial charge in [-0.3, -0.25) is 0 Å². The van der Waals surface area contributed by atoms with E-state index >= 15 is 0 Å². The lowest BCUT2D eigenvalue weighted by Gasteiger charge is -2.13.